The number of carbonyl (C=O) groups is 1. The highest BCUT2D eigenvalue weighted by atomic mass is 79.9. The van der Waals surface area contributed by atoms with E-state index in [0.717, 1.165) is 23.3 Å². The summed E-state index contributed by atoms with van der Waals surface area (Å²) in [5.41, 5.74) is 2.11. The molecule has 0 radical (unpaired) electrons. The second-order valence-electron chi connectivity index (χ2n) is 6.33. The molecule has 1 atom stereocenters. The lowest BCUT2D eigenvalue weighted by molar-refractivity contribution is -0.115. The molecule has 2 N–H and O–H groups in total. The summed E-state index contributed by atoms with van der Waals surface area (Å²) in [6.07, 6.45) is 0.701. The van der Waals surface area contributed by atoms with Crippen molar-refractivity contribution in [3.05, 3.63) is 100 Å². The van der Waals surface area contributed by atoms with E-state index in [9.17, 15) is 13.6 Å². The van der Waals surface area contributed by atoms with E-state index in [4.69, 9.17) is 0 Å². The van der Waals surface area contributed by atoms with Gasteiger partial charge in [-0.05, 0) is 39.5 Å². The fourth-order valence-electron chi connectivity index (χ4n) is 2.90. The molecule has 0 heterocycles. The van der Waals surface area contributed by atoms with E-state index in [1.165, 1.54) is 0 Å². The van der Waals surface area contributed by atoms with Gasteiger partial charge in [-0.2, -0.15) is 0 Å². The Balaban J connectivity index is 1.69. The zero-order valence-corrected chi connectivity index (χ0v) is 16.5. The fourth-order valence-corrected chi connectivity index (χ4v) is 3.41. The molecule has 28 heavy (non-hydrogen) atoms. The van der Waals surface area contributed by atoms with E-state index < -0.39 is 17.5 Å². The van der Waals surface area contributed by atoms with Crippen LogP contribution in [0.2, 0.25) is 0 Å². The van der Waals surface area contributed by atoms with E-state index in [1.807, 2.05) is 60.7 Å². The molecule has 0 saturated carbocycles. The molecule has 3 nitrogen and oxygen atoms in total. The summed E-state index contributed by atoms with van der Waals surface area (Å²) in [6, 6.07) is 21.5. The molecule has 6 heteroatoms. The van der Waals surface area contributed by atoms with Crippen LogP contribution in [0, 0.1) is 11.6 Å². The molecule has 3 aromatic rings. The number of carbonyl (C=O) groups excluding carboxylic acids is 1. The number of nitrogens with one attached hydrogen (secondary N) is 2. The number of hydrogen-bond acceptors (Lipinski definition) is 2. The van der Waals surface area contributed by atoms with Crippen molar-refractivity contribution in [3.63, 3.8) is 0 Å². The Kier molecular flexibility index (Phi) is 6.90. The fraction of sp³-hybridized carbons (Fsp3) is 0.136. The van der Waals surface area contributed by atoms with Crippen LogP contribution in [-0.2, 0) is 11.2 Å². The highest BCUT2D eigenvalue weighted by Crippen LogP contribution is 2.26. The van der Waals surface area contributed by atoms with Gasteiger partial charge in [0.05, 0.1) is 12.2 Å². The molecule has 0 aromatic heterocycles. The van der Waals surface area contributed by atoms with Gasteiger partial charge >= 0.3 is 0 Å². The van der Waals surface area contributed by atoms with Crippen LogP contribution in [0.25, 0.3) is 0 Å². The number of halogens is 3. The van der Waals surface area contributed by atoms with Gasteiger partial charge < -0.3 is 10.6 Å². The summed E-state index contributed by atoms with van der Waals surface area (Å²) in [4.78, 5) is 12.3. The molecule has 0 saturated heterocycles. The summed E-state index contributed by atoms with van der Waals surface area (Å²) in [7, 11) is 0. The minimum atomic E-state index is -0.830. The van der Waals surface area contributed by atoms with Crippen molar-refractivity contribution in [1.29, 1.82) is 0 Å². The highest BCUT2D eigenvalue weighted by Gasteiger charge is 2.16. The van der Waals surface area contributed by atoms with Gasteiger partial charge in [-0.1, -0.05) is 60.7 Å². The van der Waals surface area contributed by atoms with E-state index >= 15 is 0 Å². The van der Waals surface area contributed by atoms with Crippen LogP contribution < -0.4 is 10.6 Å². The summed E-state index contributed by atoms with van der Waals surface area (Å²) in [6.45, 7) is -0.0182. The average Bonchev–Trinajstić information content (AvgIpc) is 2.69. The predicted octanol–water partition coefficient (Wildman–Crippen LogP) is 5.24. The van der Waals surface area contributed by atoms with Gasteiger partial charge in [0, 0.05) is 16.6 Å². The third kappa shape index (κ3) is 5.47. The van der Waals surface area contributed by atoms with Crippen LogP contribution in [0.3, 0.4) is 0 Å². The van der Waals surface area contributed by atoms with Crippen molar-refractivity contribution in [1.82, 2.24) is 5.32 Å². The van der Waals surface area contributed by atoms with Crippen LogP contribution in [0.4, 0.5) is 14.5 Å². The highest BCUT2D eigenvalue weighted by molar-refractivity contribution is 9.10. The third-order valence-corrected chi connectivity index (χ3v) is 4.89. The van der Waals surface area contributed by atoms with Crippen LogP contribution in [0.15, 0.2) is 77.3 Å². The minimum absolute atomic E-state index is 0.0182. The quantitative estimate of drug-likeness (QED) is 0.523. The first-order valence-corrected chi connectivity index (χ1v) is 9.59. The smallest absolute Gasteiger partial charge is 0.238 e. The van der Waals surface area contributed by atoms with Gasteiger partial charge in [-0.25, -0.2) is 8.78 Å². The molecule has 3 rings (SSSR count). The molecule has 0 aliphatic heterocycles. The molecular weight excluding hydrogens is 426 g/mol. The number of rotatable bonds is 7. The lowest BCUT2D eigenvalue weighted by Crippen LogP contribution is -2.32. The second kappa shape index (κ2) is 9.57. The molecule has 0 aliphatic carbocycles. The number of benzene rings is 3. The lowest BCUT2D eigenvalue weighted by Gasteiger charge is -2.19. The van der Waals surface area contributed by atoms with Gasteiger partial charge in [0.2, 0.25) is 5.91 Å². The third-order valence-electron chi connectivity index (χ3n) is 4.26. The Morgan fingerprint density at radius 1 is 0.964 bits per heavy atom. The van der Waals surface area contributed by atoms with E-state index in [0.29, 0.717) is 6.42 Å². The number of hydrogen-bond donors (Lipinski definition) is 2. The van der Waals surface area contributed by atoms with Crippen LogP contribution >= 0.6 is 15.9 Å². The summed E-state index contributed by atoms with van der Waals surface area (Å²) < 4.78 is 27.3. The van der Waals surface area contributed by atoms with Crippen LogP contribution in [-0.4, -0.2) is 12.5 Å². The van der Waals surface area contributed by atoms with Crippen molar-refractivity contribution < 1.29 is 13.6 Å². The Morgan fingerprint density at radius 2 is 1.61 bits per heavy atom. The first-order valence-electron chi connectivity index (χ1n) is 8.79. The van der Waals surface area contributed by atoms with Crippen molar-refractivity contribution in [3.8, 4) is 0 Å². The predicted molar refractivity (Wildman–Crippen MR) is 110 cm³/mol. The second-order valence-corrected chi connectivity index (χ2v) is 7.18. The molecule has 0 aliphatic rings. The maximum atomic E-state index is 13.9. The first kappa shape index (κ1) is 20.2. The zero-order valence-electron chi connectivity index (χ0n) is 15.0. The van der Waals surface area contributed by atoms with Gasteiger partial charge in [0.1, 0.15) is 5.82 Å². The normalized spacial score (nSPS) is 11.8. The summed E-state index contributed by atoms with van der Waals surface area (Å²) in [5.74, 6) is -1.96. The van der Waals surface area contributed by atoms with Crippen LogP contribution in [0.5, 0.6) is 0 Å². The molecule has 1 unspecified atom stereocenters. The van der Waals surface area contributed by atoms with Gasteiger partial charge in [0.25, 0.3) is 0 Å². The van der Waals surface area contributed by atoms with Gasteiger partial charge in [0.15, 0.2) is 5.82 Å². The van der Waals surface area contributed by atoms with Crippen molar-refractivity contribution in [2.75, 3.05) is 11.9 Å². The van der Waals surface area contributed by atoms with Crippen molar-refractivity contribution in [2.24, 2.45) is 0 Å². The molecule has 0 fully saturated rings. The standard InChI is InChI=1S/C22H19BrF2N2O/c23-18-12-17(24)13-19(25)22(18)27-21(28)14-26-20(16-9-5-2-6-10-16)11-15-7-3-1-4-8-15/h1-10,12-13,20,26H,11,14H2,(H,27,28). The largest absolute Gasteiger partial charge is 0.322 e. The zero-order chi connectivity index (χ0) is 19.9. The maximum absolute atomic E-state index is 13.9. The summed E-state index contributed by atoms with van der Waals surface area (Å²) in [5, 5.41) is 5.72. The SMILES string of the molecule is O=C(CNC(Cc1ccccc1)c1ccccc1)Nc1c(F)cc(F)cc1Br. The van der Waals surface area contributed by atoms with Crippen molar-refractivity contribution >= 4 is 27.5 Å². The summed E-state index contributed by atoms with van der Waals surface area (Å²) >= 11 is 3.07. The van der Waals surface area contributed by atoms with Crippen LogP contribution in [0.1, 0.15) is 17.2 Å². The molecule has 0 spiro atoms. The molecule has 144 valence electrons. The van der Waals surface area contributed by atoms with Gasteiger partial charge in [-0.15, -0.1) is 0 Å². The Hall–Kier alpha value is -2.57. The first-order chi connectivity index (χ1) is 13.5. The number of amides is 1. The average molecular weight is 445 g/mol. The molecular formula is C22H19BrF2N2O. The minimum Gasteiger partial charge on any atom is -0.322 e. The van der Waals surface area contributed by atoms with E-state index in [1.54, 1.807) is 0 Å². The van der Waals surface area contributed by atoms with Crippen molar-refractivity contribution in [2.45, 2.75) is 12.5 Å². The lowest BCUT2D eigenvalue weighted by atomic mass is 9.99. The van der Waals surface area contributed by atoms with E-state index in [2.05, 4.69) is 26.6 Å². The molecule has 0 bridgehead atoms. The Bertz CT molecular complexity index is 913. The Morgan fingerprint density at radius 3 is 2.25 bits per heavy atom. The van der Waals surface area contributed by atoms with Gasteiger partial charge in [-0.3, -0.25) is 4.79 Å². The monoisotopic (exact) mass is 444 g/mol. The number of anilines is 1. The molecule has 1 amide bonds. The molecule has 3 aromatic carbocycles. The maximum Gasteiger partial charge on any atom is 0.238 e. The van der Waals surface area contributed by atoms with E-state index in [-0.39, 0.29) is 22.7 Å². The Labute approximate surface area is 170 Å². The topological polar surface area (TPSA) is 41.1 Å².